The van der Waals surface area contributed by atoms with Crippen LogP contribution in [0.1, 0.15) is 0 Å². The van der Waals surface area contributed by atoms with Gasteiger partial charge < -0.3 is 14.2 Å². The molecule has 0 radical (unpaired) electrons. The van der Waals surface area contributed by atoms with Crippen molar-refractivity contribution in [1.29, 1.82) is 0 Å². The fourth-order valence-corrected chi connectivity index (χ4v) is 2.68. The summed E-state index contributed by atoms with van der Waals surface area (Å²) in [6.45, 7) is 0. The Morgan fingerprint density at radius 3 is 2.40 bits per heavy atom. The van der Waals surface area contributed by atoms with Crippen molar-refractivity contribution in [3.63, 3.8) is 0 Å². The lowest BCUT2D eigenvalue weighted by atomic mass is 10.3. The lowest BCUT2D eigenvalue weighted by Gasteiger charge is -2.08. The van der Waals surface area contributed by atoms with E-state index in [0.717, 1.165) is 16.3 Å². The normalized spacial score (nSPS) is 10.5. The molecular formula is C18H20N2O4S. The van der Waals surface area contributed by atoms with E-state index in [1.165, 1.54) is 18.0 Å². The first-order chi connectivity index (χ1) is 12.2. The van der Waals surface area contributed by atoms with Gasteiger partial charge in [-0.15, -0.1) is 11.8 Å². The van der Waals surface area contributed by atoms with E-state index in [0.29, 0.717) is 11.5 Å². The number of ether oxygens (including phenoxy) is 3. The molecule has 132 valence electrons. The fraction of sp³-hybridized carbons (Fsp3) is 0.222. The van der Waals surface area contributed by atoms with Gasteiger partial charge in [0.15, 0.2) is 17.3 Å². The molecule has 0 aliphatic heterocycles. The van der Waals surface area contributed by atoms with E-state index < -0.39 is 0 Å². The van der Waals surface area contributed by atoms with Crippen LogP contribution in [0.15, 0.2) is 52.5 Å². The third kappa shape index (κ3) is 5.72. The zero-order valence-electron chi connectivity index (χ0n) is 14.3. The van der Waals surface area contributed by atoms with Gasteiger partial charge in [-0.25, -0.2) is 0 Å². The van der Waals surface area contributed by atoms with Gasteiger partial charge in [0.25, 0.3) is 0 Å². The van der Waals surface area contributed by atoms with Crippen LogP contribution in [0.5, 0.6) is 17.2 Å². The summed E-state index contributed by atoms with van der Waals surface area (Å²) >= 11 is 1.41. The number of nitrogens with one attached hydrogen (secondary N) is 1. The molecule has 0 aromatic heterocycles. The van der Waals surface area contributed by atoms with Gasteiger partial charge >= 0.3 is 0 Å². The Labute approximate surface area is 151 Å². The first-order valence-corrected chi connectivity index (χ1v) is 8.45. The van der Waals surface area contributed by atoms with Crippen LogP contribution in [0.25, 0.3) is 0 Å². The van der Waals surface area contributed by atoms with Crippen molar-refractivity contribution >= 4 is 29.4 Å². The number of nitrogens with zero attached hydrogens (tertiary/aromatic N) is 1. The summed E-state index contributed by atoms with van der Waals surface area (Å²) in [6.07, 6.45) is 1.28. The largest absolute Gasteiger partial charge is 0.497 e. The van der Waals surface area contributed by atoms with Crippen LogP contribution in [0.3, 0.4) is 0 Å². The fourth-order valence-electron chi connectivity index (χ4n) is 1.94. The molecule has 25 heavy (non-hydrogen) atoms. The third-order valence-corrected chi connectivity index (χ3v) is 4.24. The first kappa shape index (κ1) is 18.7. The molecule has 2 aromatic carbocycles. The van der Waals surface area contributed by atoms with Crippen molar-refractivity contribution < 1.29 is 19.0 Å². The van der Waals surface area contributed by atoms with Gasteiger partial charge in [-0.2, -0.15) is 5.10 Å². The molecule has 0 saturated heterocycles. The van der Waals surface area contributed by atoms with Crippen LogP contribution in [0.2, 0.25) is 0 Å². The number of thioether (sulfide) groups is 1. The Bertz CT molecular complexity index is 732. The molecule has 2 aromatic rings. The van der Waals surface area contributed by atoms with Crippen LogP contribution in [0.4, 0.5) is 5.69 Å². The van der Waals surface area contributed by atoms with Crippen LogP contribution >= 0.6 is 11.8 Å². The standard InChI is InChI=1S/C18H20N2O4S/c1-22-15-6-4-13(5-7-15)20-19-11-14(21)12-25-16-8-9-17(23-2)18(10-16)24-3/h4-11,20H,12H2,1-3H3. The van der Waals surface area contributed by atoms with Crippen LogP contribution < -0.4 is 19.6 Å². The molecule has 1 N–H and O–H groups in total. The molecule has 2 rings (SSSR count). The SMILES string of the molecule is COc1ccc(NN=CC(=O)CSc2ccc(OC)c(OC)c2)cc1. The minimum atomic E-state index is -0.0965. The number of hydrogen-bond donors (Lipinski definition) is 1. The maximum absolute atomic E-state index is 11.9. The van der Waals surface area contributed by atoms with Crippen molar-refractivity contribution in [2.45, 2.75) is 4.90 Å². The molecule has 6 nitrogen and oxygen atoms in total. The first-order valence-electron chi connectivity index (χ1n) is 7.47. The highest BCUT2D eigenvalue weighted by Crippen LogP contribution is 2.31. The van der Waals surface area contributed by atoms with E-state index in [1.54, 1.807) is 21.3 Å². The third-order valence-electron chi connectivity index (χ3n) is 3.23. The highest BCUT2D eigenvalue weighted by atomic mass is 32.2. The van der Waals surface area contributed by atoms with Crippen molar-refractivity contribution in [2.75, 3.05) is 32.5 Å². The Morgan fingerprint density at radius 2 is 1.76 bits per heavy atom. The maximum atomic E-state index is 11.9. The number of carbonyl (C=O) groups excluding carboxylic acids is 1. The summed E-state index contributed by atoms with van der Waals surface area (Å²) in [5, 5.41) is 3.95. The van der Waals surface area contributed by atoms with Gasteiger partial charge in [0.2, 0.25) is 0 Å². The second-order valence-electron chi connectivity index (χ2n) is 4.87. The van der Waals surface area contributed by atoms with Crippen molar-refractivity contribution in [3.8, 4) is 17.2 Å². The number of benzene rings is 2. The molecule has 7 heteroatoms. The Balaban J connectivity index is 1.83. The monoisotopic (exact) mass is 360 g/mol. The number of hydrogen-bond acceptors (Lipinski definition) is 7. The number of Topliss-reactive ketones (excluding diaryl/α,β-unsaturated/α-hetero) is 1. The highest BCUT2D eigenvalue weighted by molar-refractivity contribution is 8.00. The molecule has 0 aliphatic carbocycles. The molecule has 0 spiro atoms. The summed E-state index contributed by atoms with van der Waals surface area (Å²) in [6, 6.07) is 12.8. The summed E-state index contributed by atoms with van der Waals surface area (Å²) in [7, 11) is 4.77. The quantitative estimate of drug-likeness (QED) is 0.419. The molecule has 0 atom stereocenters. The number of carbonyl (C=O) groups is 1. The molecule has 0 amide bonds. The number of methoxy groups -OCH3 is 3. The van der Waals surface area contributed by atoms with Gasteiger partial charge in [0, 0.05) is 4.90 Å². The van der Waals surface area contributed by atoms with Crippen LogP contribution in [-0.4, -0.2) is 39.1 Å². The highest BCUT2D eigenvalue weighted by Gasteiger charge is 2.06. The van der Waals surface area contributed by atoms with Gasteiger partial charge in [-0.05, 0) is 42.5 Å². The van der Waals surface area contributed by atoms with Crippen LogP contribution in [-0.2, 0) is 4.79 Å². The Morgan fingerprint density at radius 1 is 1.04 bits per heavy atom. The molecule has 0 unspecified atom stereocenters. The van der Waals surface area contributed by atoms with Crippen molar-refractivity contribution in [3.05, 3.63) is 42.5 Å². The molecular weight excluding hydrogens is 340 g/mol. The van der Waals surface area contributed by atoms with Crippen molar-refractivity contribution in [2.24, 2.45) is 5.10 Å². The predicted molar refractivity (Wildman–Crippen MR) is 100 cm³/mol. The average molecular weight is 360 g/mol. The van der Waals surface area contributed by atoms with Gasteiger partial charge in [-0.3, -0.25) is 10.2 Å². The second-order valence-corrected chi connectivity index (χ2v) is 5.92. The lowest BCUT2D eigenvalue weighted by Crippen LogP contribution is -2.04. The molecule has 0 saturated carbocycles. The molecule has 0 bridgehead atoms. The van der Waals surface area contributed by atoms with E-state index in [1.807, 2.05) is 42.5 Å². The number of anilines is 1. The Kier molecular flexibility index (Phi) is 7.16. The lowest BCUT2D eigenvalue weighted by molar-refractivity contribution is -0.110. The van der Waals surface area contributed by atoms with E-state index in [9.17, 15) is 4.79 Å². The Hall–Kier alpha value is -2.67. The van der Waals surface area contributed by atoms with Gasteiger partial charge in [-0.1, -0.05) is 0 Å². The van der Waals surface area contributed by atoms with Gasteiger partial charge in [0.05, 0.1) is 39.0 Å². The van der Waals surface area contributed by atoms with E-state index in [4.69, 9.17) is 14.2 Å². The summed E-state index contributed by atoms with van der Waals surface area (Å²) < 4.78 is 15.5. The smallest absolute Gasteiger partial charge is 0.185 e. The van der Waals surface area contributed by atoms with E-state index in [2.05, 4.69) is 10.5 Å². The summed E-state index contributed by atoms with van der Waals surface area (Å²) in [5.74, 6) is 2.24. The minimum absolute atomic E-state index is 0.0965. The maximum Gasteiger partial charge on any atom is 0.185 e. The summed E-state index contributed by atoms with van der Waals surface area (Å²) in [5.41, 5.74) is 3.58. The average Bonchev–Trinajstić information content (AvgIpc) is 2.66. The van der Waals surface area contributed by atoms with E-state index in [-0.39, 0.29) is 11.5 Å². The number of rotatable bonds is 9. The number of hydrazone groups is 1. The minimum Gasteiger partial charge on any atom is -0.497 e. The van der Waals surface area contributed by atoms with Crippen molar-refractivity contribution in [1.82, 2.24) is 0 Å². The molecule has 0 fully saturated rings. The number of ketones is 1. The van der Waals surface area contributed by atoms with Gasteiger partial charge in [0.1, 0.15) is 5.75 Å². The zero-order chi connectivity index (χ0) is 18.1. The topological polar surface area (TPSA) is 69.2 Å². The zero-order valence-corrected chi connectivity index (χ0v) is 15.1. The second kappa shape index (κ2) is 9.58. The van der Waals surface area contributed by atoms with E-state index >= 15 is 0 Å². The van der Waals surface area contributed by atoms with Crippen LogP contribution in [0, 0.1) is 0 Å². The molecule has 0 heterocycles. The predicted octanol–water partition coefficient (Wildman–Crippen LogP) is 3.47. The molecule has 0 aliphatic rings. The summed E-state index contributed by atoms with van der Waals surface area (Å²) in [4.78, 5) is 12.8.